The second kappa shape index (κ2) is 5.53. The van der Waals surface area contributed by atoms with Crippen LogP contribution in [0.25, 0.3) is 0 Å². The van der Waals surface area contributed by atoms with Crippen molar-refractivity contribution in [2.75, 3.05) is 5.32 Å². The monoisotopic (exact) mass is 254 g/mol. The van der Waals surface area contributed by atoms with E-state index in [1.807, 2.05) is 19.1 Å². The highest BCUT2D eigenvalue weighted by Crippen LogP contribution is 2.18. The maximum absolute atomic E-state index is 13.4. The average Bonchev–Trinajstić information content (AvgIpc) is 2.41. The molecule has 0 atom stereocenters. The van der Waals surface area contributed by atoms with Crippen molar-refractivity contribution in [2.24, 2.45) is 0 Å². The quantitative estimate of drug-likeness (QED) is 0.900. The van der Waals surface area contributed by atoms with Crippen LogP contribution in [0.15, 0.2) is 36.4 Å². The molecular formula is C16H15FN2. The Balaban J connectivity index is 2.14. The molecule has 0 spiro atoms. The van der Waals surface area contributed by atoms with Gasteiger partial charge in [-0.05, 0) is 48.7 Å². The van der Waals surface area contributed by atoms with Crippen molar-refractivity contribution in [3.63, 3.8) is 0 Å². The van der Waals surface area contributed by atoms with Gasteiger partial charge >= 0.3 is 0 Å². The minimum atomic E-state index is -0.193. The minimum absolute atomic E-state index is 0.193. The van der Waals surface area contributed by atoms with E-state index in [0.717, 1.165) is 16.8 Å². The number of benzene rings is 2. The number of hydrogen-bond donors (Lipinski definition) is 1. The van der Waals surface area contributed by atoms with Gasteiger partial charge in [0.15, 0.2) is 0 Å². The molecule has 19 heavy (non-hydrogen) atoms. The second-order valence-corrected chi connectivity index (χ2v) is 4.58. The van der Waals surface area contributed by atoms with Crippen LogP contribution in [-0.4, -0.2) is 0 Å². The van der Waals surface area contributed by atoms with Gasteiger partial charge in [0.2, 0.25) is 0 Å². The maximum atomic E-state index is 13.4. The molecule has 0 aliphatic carbocycles. The molecular weight excluding hydrogens is 239 g/mol. The molecule has 0 aromatic heterocycles. The minimum Gasteiger partial charge on any atom is -0.381 e. The van der Waals surface area contributed by atoms with Gasteiger partial charge in [-0.2, -0.15) is 5.26 Å². The van der Waals surface area contributed by atoms with E-state index in [2.05, 4.69) is 11.4 Å². The topological polar surface area (TPSA) is 35.8 Å². The van der Waals surface area contributed by atoms with Crippen molar-refractivity contribution in [3.8, 4) is 6.07 Å². The largest absolute Gasteiger partial charge is 0.381 e. The van der Waals surface area contributed by atoms with Crippen LogP contribution in [0.4, 0.5) is 10.1 Å². The Hall–Kier alpha value is -2.34. The zero-order valence-electron chi connectivity index (χ0n) is 11.0. The van der Waals surface area contributed by atoms with Crippen molar-refractivity contribution in [1.82, 2.24) is 0 Å². The Morgan fingerprint density at radius 1 is 1.11 bits per heavy atom. The van der Waals surface area contributed by atoms with Gasteiger partial charge in [0.1, 0.15) is 5.82 Å². The first-order valence-corrected chi connectivity index (χ1v) is 6.10. The van der Waals surface area contributed by atoms with Gasteiger partial charge in [-0.1, -0.05) is 18.2 Å². The summed E-state index contributed by atoms with van der Waals surface area (Å²) < 4.78 is 13.4. The summed E-state index contributed by atoms with van der Waals surface area (Å²) in [5, 5.41) is 12.1. The summed E-state index contributed by atoms with van der Waals surface area (Å²) in [5.41, 5.74) is 4.10. The molecule has 0 saturated carbocycles. The number of halogens is 1. The maximum Gasteiger partial charge on any atom is 0.126 e. The second-order valence-electron chi connectivity index (χ2n) is 4.58. The molecule has 0 heterocycles. The van der Waals surface area contributed by atoms with Gasteiger partial charge in [0.25, 0.3) is 0 Å². The Labute approximate surface area is 112 Å². The third-order valence-electron chi connectivity index (χ3n) is 3.09. The van der Waals surface area contributed by atoms with E-state index in [0.29, 0.717) is 17.7 Å². The van der Waals surface area contributed by atoms with Crippen LogP contribution in [0.1, 0.15) is 22.3 Å². The van der Waals surface area contributed by atoms with Crippen LogP contribution >= 0.6 is 0 Å². The smallest absolute Gasteiger partial charge is 0.126 e. The lowest BCUT2D eigenvalue weighted by Gasteiger charge is -2.10. The highest BCUT2D eigenvalue weighted by atomic mass is 19.1. The Morgan fingerprint density at radius 2 is 1.84 bits per heavy atom. The highest BCUT2D eigenvalue weighted by molar-refractivity contribution is 5.55. The lowest BCUT2D eigenvalue weighted by molar-refractivity contribution is 0.616. The normalized spacial score (nSPS) is 10.0. The van der Waals surface area contributed by atoms with Crippen molar-refractivity contribution in [3.05, 3.63) is 64.5 Å². The molecule has 0 radical (unpaired) electrons. The van der Waals surface area contributed by atoms with Crippen LogP contribution in [-0.2, 0) is 6.54 Å². The fourth-order valence-corrected chi connectivity index (χ4v) is 1.83. The third kappa shape index (κ3) is 3.11. The zero-order chi connectivity index (χ0) is 13.8. The fourth-order valence-electron chi connectivity index (χ4n) is 1.83. The van der Waals surface area contributed by atoms with Crippen LogP contribution in [0.3, 0.4) is 0 Å². The Kier molecular flexibility index (Phi) is 3.82. The first-order valence-electron chi connectivity index (χ1n) is 6.10. The number of nitrogens with zero attached hydrogens (tertiary/aromatic N) is 1. The first kappa shape index (κ1) is 13.1. The van der Waals surface area contributed by atoms with Gasteiger partial charge in [-0.15, -0.1) is 0 Å². The Bertz CT molecular complexity index is 642. The van der Waals surface area contributed by atoms with Crippen LogP contribution in [0.2, 0.25) is 0 Å². The molecule has 0 bridgehead atoms. The van der Waals surface area contributed by atoms with E-state index in [-0.39, 0.29) is 5.82 Å². The van der Waals surface area contributed by atoms with Crippen molar-refractivity contribution < 1.29 is 4.39 Å². The molecule has 2 aromatic rings. The number of nitriles is 1. The molecule has 0 aliphatic rings. The molecule has 2 aromatic carbocycles. The molecule has 0 fully saturated rings. The fraction of sp³-hybridized carbons (Fsp3) is 0.188. The predicted molar refractivity (Wildman–Crippen MR) is 74.4 cm³/mol. The molecule has 0 saturated heterocycles. The molecule has 2 rings (SSSR count). The highest BCUT2D eigenvalue weighted by Gasteiger charge is 2.02. The molecule has 1 N–H and O–H groups in total. The lowest BCUT2D eigenvalue weighted by atomic mass is 10.1. The molecule has 96 valence electrons. The van der Waals surface area contributed by atoms with Gasteiger partial charge < -0.3 is 5.32 Å². The summed E-state index contributed by atoms with van der Waals surface area (Å²) in [6, 6.07) is 12.8. The van der Waals surface area contributed by atoms with E-state index >= 15 is 0 Å². The van der Waals surface area contributed by atoms with Crippen LogP contribution < -0.4 is 5.32 Å². The molecule has 2 nitrogen and oxygen atoms in total. The summed E-state index contributed by atoms with van der Waals surface area (Å²) >= 11 is 0. The van der Waals surface area contributed by atoms with E-state index in [1.54, 1.807) is 25.1 Å². The third-order valence-corrected chi connectivity index (χ3v) is 3.09. The predicted octanol–water partition coefficient (Wildman–Crippen LogP) is 3.93. The van der Waals surface area contributed by atoms with E-state index in [1.165, 1.54) is 6.07 Å². The Morgan fingerprint density at radius 3 is 2.53 bits per heavy atom. The molecule has 0 unspecified atom stereocenters. The molecule has 3 heteroatoms. The standard InChI is InChI=1S/C16H15FN2/c1-11-3-6-14(7-15(11)17)10-19-16-8-13(9-18)5-4-12(16)2/h3-8,19H,10H2,1-2H3. The number of aryl methyl sites for hydroxylation is 2. The molecule has 0 amide bonds. The van der Waals surface area contributed by atoms with Gasteiger partial charge in [-0.25, -0.2) is 4.39 Å². The summed E-state index contributed by atoms with van der Waals surface area (Å²) in [7, 11) is 0. The summed E-state index contributed by atoms with van der Waals surface area (Å²) in [4.78, 5) is 0. The zero-order valence-corrected chi connectivity index (χ0v) is 11.0. The van der Waals surface area contributed by atoms with Crippen molar-refractivity contribution in [1.29, 1.82) is 5.26 Å². The van der Waals surface area contributed by atoms with Crippen LogP contribution in [0.5, 0.6) is 0 Å². The van der Waals surface area contributed by atoms with E-state index in [4.69, 9.17) is 5.26 Å². The molecule has 0 aliphatic heterocycles. The van der Waals surface area contributed by atoms with Gasteiger partial charge in [0.05, 0.1) is 11.6 Å². The average molecular weight is 254 g/mol. The van der Waals surface area contributed by atoms with E-state index < -0.39 is 0 Å². The number of nitrogens with one attached hydrogen (secondary N) is 1. The lowest BCUT2D eigenvalue weighted by Crippen LogP contribution is -2.02. The summed E-state index contributed by atoms with van der Waals surface area (Å²) in [6.45, 7) is 4.25. The summed E-state index contributed by atoms with van der Waals surface area (Å²) in [6.07, 6.45) is 0. The van der Waals surface area contributed by atoms with Gasteiger partial charge in [0, 0.05) is 12.2 Å². The van der Waals surface area contributed by atoms with Crippen molar-refractivity contribution >= 4 is 5.69 Å². The van der Waals surface area contributed by atoms with Crippen LogP contribution in [0, 0.1) is 31.0 Å². The first-order chi connectivity index (χ1) is 9.10. The number of rotatable bonds is 3. The number of hydrogen-bond acceptors (Lipinski definition) is 2. The van der Waals surface area contributed by atoms with E-state index in [9.17, 15) is 4.39 Å². The summed E-state index contributed by atoms with van der Waals surface area (Å²) in [5.74, 6) is -0.193. The number of anilines is 1. The SMILES string of the molecule is Cc1ccc(CNc2cc(C#N)ccc2C)cc1F. The van der Waals surface area contributed by atoms with Crippen molar-refractivity contribution in [2.45, 2.75) is 20.4 Å². The van der Waals surface area contributed by atoms with Gasteiger partial charge in [-0.3, -0.25) is 0 Å².